The maximum atomic E-state index is 9.31. The van der Waals surface area contributed by atoms with E-state index in [1.54, 1.807) is 12.1 Å². The summed E-state index contributed by atoms with van der Waals surface area (Å²) in [5, 5.41) is 9.31. The van der Waals surface area contributed by atoms with Crippen LogP contribution in [-0.4, -0.2) is 5.11 Å². The summed E-state index contributed by atoms with van der Waals surface area (Å²) in [6, 6.07) is 18.3. The molecule has 1 heteroatoms. The van der Waals surface area contributed by atoms with Gasteiger partial charge in [-0.1, -0.05) is 42.5 Å². The molecule has 0 atom stereocenters. The normalized spacial score (nSPS) is 17.0. The highest BCUT2D eigenvalue weighted by Gasteiger charge is 2.45. The summed E-state index contributed by atoms with van der Waals surface area (Å²) < 4.78 is 0. The van der Waals surface area contributed by atoms with Crippen molar-refractivity contribution < 1.29 is 5.11 Å². The van der Waals surface area contributed by atoms with Gasteiger partial charge in [-0.2, -0.15) is 0 Å². The monoisotopic (exact) mass is 210 g/mol. The molecule has 1 nitrogen and oxygen atoms in total. The molecule has 2 aromatic rings. The van der Waals surface area contributed by atoms with Crippen molar-refractivity contribution in [3.8, 4) is 5.75 Å². The van der Waals surface area contributed by atoms with Gasteiger partial charge in [-0.15, -0.1) is 0 Å². The fourth-order valence-electron chi connectivity index (χ4n) is 2.41. The van der Waals surface area contributed by atoms with E-state index < -0.39 is 0 Å². The van der Waals surface area contributed by atoms with Gasteiger partial charge in [0, 0.05) is 5.41 Å². The van der Waals surface area contributed by atoms with Gasteiger partial charge < -0.3 is 5.11 Å². The van der Waals surface area contributed by atoms with E-state index in [1.165, 1.54) is 24.0 Å². The Bertz CT molecular complexity index is 481. The van der Waals surface area contributed by atoms with Crippen LogP contribution in [0, 0.1) is 0 Å². The Morgan fingerprint density at radius 3 is 1.88 bits per heavy atom. The second-order valence-corrected chi connectivity index (χ2v) is 4.50. The molecule has 80 valence electrons. The third kappa shape index (κ3) is 1.40. The van der Waals surface area contributed by atoms with Crippen molar-refractivity contribution >= 4 is 0 Å². The Balaban J connectivity index is 2.03. The predicted octanol–water partition coefficient (Wildman–Crippen LogP) is 3.47. The summed E-state index contributed by atoms with van der Waals surface area (Å²) >= 11 is 0. The topological polar surface area (TPSA) is 20.2 Å². The molecule has 1 fully saturated rings. The number of benzene rings is 2. The Morgan fingerprint density at radius 1 is 0.750 bits per heavy atom. The van der Waals surface area contributed by atoms with Crippen LogP contribution in [0.5, 0.6) is 5.75 Å². The van der Waals surface area contributed by atoms with E-state index in [-0.39, 0.29) is 5.41 Å². The minimum atomic E-state index is 0.217. The van der Waals surface area contributed by atoms with Crippen molar-refractivity contribution in [2.75, 3.05) is 0 Å². The van der Waals surface area contributed by atoms with E-state index in [4.69, 9.17) is 0 Å². The molecule has 2 aromatic carbocycles. The van der Waals surface area contributed by atoms with Crippen LogP contribution in [0.3, 0.4) is 0 Å². The molecule has 0 heterocycles. The molecular formula is C15H14O. The highest BCUT2D eigenvalue weighted by atomic mass is 16.3. The minimum absolute atomic E-state index is 0.217. The summed E-state index contributed by atoms with van der Waals surface area (Å²) in [6.07, 6.45) is 2.42. The fraction of sp³-hybridized carbons (Fsp3) is 0.200. The molecule has 0 bridgehead atoms. The van der Waals surface area contributed by atoms with Crippen LogP contribution in [0.4, 0.5) is 0 Å². The number of hydrogen-bond acceptors (Lipinski definition) is 1. The number of hydrogen-bond donors (Lipinski definition) is 1. The van der Waals surface area contributed by atoms with E-state index >= 15 is 0 Å². The molecule has 0 amide bonds. The maximum absolute atomic E-state index is 9.31. The van der Waals surface area contributed by atoms with Gasteiger partial charge >= 0.3 is 0 Å². The highest BCUT2D eigenvalue weighted by molar-refractivity contribution is 5.46. The van der Waals surface area contributed by atoms with Gasteiger partial charge in [0.25, 0.3) is 0 Å². The van der Waals surface area contributed by atoms with Crippen LogP contribution >= 0.6 is 0 Å². The van der Waals surface area contributed by atoms with Crippen molar-refractivity contribution in [3.05, 3.63) is 65.7 Å². The van der Waals surface area contributed by atoms with Gasteiger partial charge in [-0.25, -0.2) is 0 Å². The average molecular weight is 210 g/mol. The Labute approximate surface area is 95.4 Å². The number of phenols is 1. The van der Waals surface area contributed by atoms with Gasteiger partial charge in [0.05, 0.1) is 0 Å². The molecule has 3 rings (SSSR count). The molecule has 0 saturated heterocycles. The first-order chi connectivity index (χ1) is 7.81. The molecule has 16 heavy (non-hydrogen) atoms. The van der Waals surface area contributed by atoms with E-state index in [9.17, 15) is 5.11 Å². The fourth-order valence-corrected chi connectivity index (χ4v) is 2.41. The van der Waals surface area contributed by atoms with Crippen LogP contribution < -0.4 is 0 Å². The van der Waals surface area contributed by atoms with Crippen molar-refractivity contribution in [2.45, 2.75) is 18.3 Å². The summed E-state index contributed by atoms with van der Waals surface area (Å²) in [7, 11) is 0. The highest BCUT2D eigenvalue weighted by Crippen LogP contribution is 2.53. The second-order valence-electron chi connectivity index (χ2n) is 4.50. The quantitative estimate of drug-likeness (QED) is 0.804. The van der Waals surface area contributed by atoms with Crippen LogP contribution in [0.15, 0.2) is 54.6 Å². The number of phenolic OH excluding ortho intramolecular Hbond substituents is 1. The van der Waals surface area contributed by atoms with Gasteiger partial charge in [-0.3, -0.25) is 0 Å². The number of aromatic hydroxyl groups is 1. The van der Waals surface area contributed by atoms with Crippen molar-refractivity contribution in [1.29, 1.82) is 0 Å². The molecule has 1 aliphatic rings. The van der Waals surface area contributed by atoms with Crippen molar-refractivity contribution in [3.63, 3.8) is 0 Å². The standard InChI is InChI=1S/C15H14O/c16-14-8-6-13(7-9-14)15(10-11-15)12-4-2-1-3-5-12/h1-9,16H,10-11H2. The molecule has 0 aliphatic heterocycles. The molecule has 1 saturated carbocycles. The van der Waals surface area contributed by atoms with Gasteiger partial charge in [0.15, 0.2) is 0 Å². The van der Waals surface area contributed by atoms with E-state index in [0.29, 0.717) is 5.75 Å². The van der Waals surface area contributed by atoms with Crippen LogP contribution in [0.1, 0.15) is 24.0 Å². The molecule has 1 N–H and O–H groups in total. The largest absolute Gasteiger partial charge is 0.508 e. The van der Waals surface area contributed by atoms with E-state index in [0.717, 1.165) is 0 Å². The third-order valence-electron chi connectivity index (χ3n) is 3.50. The van der Waals surface area contributed by atoms with E-state index in [1.807, 2.05) is 12.1 Å². The first-order valence-corrected chi connectivity index (χ1v) is 5.66. The first kappa shape index (κ1) is 9.46. The second kappa shape index (κ2) is 3.38. The lowest BCUT2D eigenvalue weighted by atomic mass is 9.88. The van der Waals surface area contributed by atoms with Crippen LogP contribution in [0.2, 0.25) is 0 Å². The molecule has 0 aromatic heterocycles. The molecular weight excluding hydrogens is 196 g/mol. The van der Waals surface area contributed by atoms with Crippen LogP contribution in [0.25, 0.3) is 0 Å². The molecule has 1 aliphatic carbocycles. The lowest BCUT2D eigenvalue weighted by Gasteiger charge is -2.16. The zero-order chi connectivity index (χ0) is 11.0. The lowest BCUT2D eigenvalue weighted by Crippen LogP contribution is -2.07. The maximum Gasteiger partial charge on any atom is 0.115 e. The van der Waals surface area contributed by atoms with Gasteiger partial charge in [-0.05, 0) is 36.1 Å². The van der Waals surface area contributed by atoms with Crippen molar-refractivity contribution in [1.82, 2.24) is 0 Å². The summed E-state index contributed by atoms with van der Waals surface area (Å²) in [4.78, 5) is 0. The molecule has 0 unspecified atom stereocenters. The average Bonchev–Trinajstić information content (AvgIpc) is 3.13. The lowest BCUT2D eigenvalue weighted by molar-refractivity contribution is 0.475. The van der Waals surface area contributed by atoms with E-state index in [2.05, 4.69) is 30.3 Å². The zero-order valence-electron chi connectivity index (χ0n) is 9.06. The Morgan fingerprint density at radius 2 is 1.31 bits per heavy atom. The summed E-state index contributed by atoms with van der Waals surface area (Å²) in [6.45, 7) is 0. The first-order valence-electron chi connectivity index (χ1n) is 5.66. The minimum Gasteiger partial charge on any atom is -0.508 e. The molecule has 0 radical (unpaired) electrons. The molecule has 0 spiro atoms. The smallest absolute Gasteiger partial charge is 0.115 e. The zero-order valence-corrected chi connectivity index (χ0v) is 9.06. The third-order valence-corrected chi connectivity index (χ3v) is 3.50. The van der Waals surface area contributed by atoms with Gasteiger partial charge in [0.2, 0.25) is 0 Å². The summed E-state index contributed by atoms with van der Waals surface area (Å²) in [5.41, 5.74) is 2.92. The van der Waals surface area contributed by atoms with Crippen LogP contribution in [-0.2, 0) is 5.41 Å². The number of rotatable bonds is 2. The van der Waals surface area contributed by atoms with Gasteiger partial charge in [0.1, 0.15) is 5.75 Å². The Kier molecular flexibility index (Phi) is 2.00. The predicted molar refractivity (Wildman–Crippen MR) is 64.6 cm³/mol. The SMILES string of the molecule is Oc1ccc(C2(c3ccccc3)CC2)cc1. The van der Waals surface area contributed by atoms with Crippen molar-refractivity contribution in [2.24, 2.45) is 0 Å². The Hall–Kier alpha value is -1.76. The summed E-state index contributed by atoms with van der Waals surface area (Å²) in [5.74, 6) is 0.340.